The van der Waals surface area contributed by atoms with Gasteiger partial charge in [-0.1, -0.05) is 30.3 Å². The molecule has 0 N–H and O–H groups in total. The molecule has 6 rings (SSSR count). The van der Waals surface area contributed by atoms with Gasteiger partial charge in [-0.3, -0.25) is 14.7 Å². The third-order valence-electron chi connectivity index (χ3n) is 8.96. The van der Waals surface area contributed by atoms with Gasteiger partial charge in [-0.2, -0.15) is 9.97 Å². The maximum atomic E-state index is 12.5. The highest BCUT2D eigenvalue weighted by molar-refractivity contribution is 6.36. The molecular formula is C32H38ClN9O2. The van der Waals surface area contributed by atoms with Crippen molar-refractivity contribution in [2.75, 3.05) is 82.9 Å². The van der Waals surface area contributed by atoms with Gasteiger partial charge in [0.05, 0.1) is 29.1 Å². The summed E-state index contributed by atoms with van der Waals surface area (Å²) in [5, 5.41) is 2.67. The lowest BCUT2D eigenvalue weighted by atomic mass is 10.0. The number of hydrogen-bond acceptors (Lipinski definition) is 9. The monoisotopic (exact) mass is 615 g/mol. The van der Waals surface area contributed by atoms with Crippen LogP contribution in [0.3, 0.4) is 0 Å². The van der Waals surface area contributed by atoms with E-state index in [4.69, 9.17) is 32.9 Å². The first-order chi connectivity index (χ1) is 21.4. The van der Waals surface area contributed by atoms with Crippen LogP contribution >= 0.6 is 11.6 Å². The number of hydrogen-bond donors (Lipinski definition) is 0. The minimum absolute atomic E-state index is 0.146. The van der Waals surface area contributed by atoms with Crippen LogP contribution in [0.5, 0.6) is 6.01 Å². The van der Waals surface area contributed by atoms with Crippen LogP contribution in [-0.4, -0.2) is 121 Å². The summed E-state index contributed by atoms with van der Waals surface area (Å²) in [7, 11) is 4.26. The number of likely N-dealkylation sites (N-methyl/N-ethyl adjacent to an activating group) is 2. The van der Waals surface area contributed by atoms with E-state index >= 15 is 0 Å². The zero-order chi connectivity index (χ0) is 30.8. The number of aromatic nitrogens is 3. The maximum absolute atomic E-state index is 12.5. The first-order valence-electron chi connectivity index (χ1n) is 15.1. The Bertz CT molecular complexity index is 1580. The van der Waals surface area contributed by atoms with E-state index in [2.05, 4.69) is 50.1 Å². The molecule has 0 unspecified atom stereocenters. The lowest BCUT2D eigenvalue weighted by Gasteiger charge is -2.42. The van der Waals surface area contributed by atoms with Gasteiger partial charge in [-0.05, 0) is 32.7 Å². The number of nitrogens with zero attached hydrogens (tertiary/aromatic N) is 9. The highest BCUT2D eigenvalue weighted by Crippen LogP contribution is 2.36. The molecule has 2 saturated heterocycles. The minimum Gasteiger partial charge on any atom is -0.462 e. The summed E-state index contributed by atoms with van der Waals surface area (Å²) in [5.41, 5.74) is 2.95. The number of amides is 1. The van der Waals surface area contributed by atoms with E-state index in [0.717, 1.165) is 66.1 Å². The number of likely N-dealkylation sites (tertiary alicyclic amines) is 1. The predicted molar refractivity (Wildman–Crippen MR) is 172 cm³/mol. The van der Waals surface area contributed by atoms with Crippen LogP contribution in [0.1, 0.15) is 11.3 Å². The Labute approximate surface area is 263 Å². The summed E-state index contributed by atoms with van der Waals surface area (Å²) in [6.07, 6.45) is 5.76. The lowest BCUT2D eigenvalue weighted by molar-refractivity contribution is -0.128. The zero-order valence-corrected chi connectivity index (χ0v) is 26.1. The summed E-state index contributed by atoms with van der Waals surface area (Å²) >= 11 is 6.68. The average Bonchev–Trinajstić information content (AvgIpc) is 3.02. The van der Waals surface area contributed by atoms with Crippen molar-refractivity contribution in [3.05, 3.63) is 70.9 Å². The van der Waals surface area contributed by atoms with E-state index in [1.54, 1.807) is 4.90 Å². The van der Waals surface area contributed by atoms with Crippen LogP contribution in [0, 0.1) is 6.57 Å². The molecule has 1 aromatic carbocycles. The first-order valence-corrected chi connectivity index (χ1v) is 15.4. The number of benzene rings is 1. The van der Waals surface area contributed by atoms with Crippen LogP contribution in [0.25, 0.3) is 15.6 Å². The second-order valence-electron chi connectivity index (χ2n) is 11.8. The first kappa shape index (κ1) is 30.1. The van der Waals surface area contributed by atoms with Crippen LogP contribution in [-0.2, 0) is 17.8 Å². The van der Waals surface area contributed by atoms with Crippen molar-refractivity contribution in [1.29, 1.82) is 0 Å². The molecule has 11 nitrogen and oxygen atoms in total. The third-order valence-corrected chi connectivity index (χ3v) is 9.28. The molecule has 0 aliphatic carbocycles. The molecule has 3 aromatic rings. The average molecular weight is 616 g/mol. The zero-order valence-electron chi connectivity index (χ0n) is 25.3. The van der Waals surface area contributed by atoms with Crippen molar-refractivity contribution < 1.29 is 9.53 Å². The van der Waals surface area contributed by atoms with Gasteiger partial charge in [-0.15, -0.1) is 0 Å². The van der Waals surface area contributed by atoms with Gasteiger partial charge in [-0.25, -0.2) is 6.57 Å². The number of carbonyl (C=O) groups is 1. The maximum Gasteiger partial charge on any atom is 0.318 e. The molecule has 0 radical (unpaired) electrons. The molecule has 0 saturated carbocycles. The molecule has 5 heterocycles. The van der Waals surface area contributed by atoms with Gasteiger partial charge in [0.2, 0.25) is 12.5 Å². The number of rotatable bonds is 9. The van der Waals surface area contributed by atoms with Gasteiger partial charge < -0.3 is 29.2 Å². The van der Waals surface area contributed by atoms with E-state index in [0.29, 0.717) is 49.9 Å². The van der Waals surface area contributed by atoms with Crippen LogP contribution in [0.15, 0.2) is 43.2 Å². The van der Waals surface area contributed by atoms with Crippen molar-refractivity contribution in [1.82, 2.24) is 29.7 Å². The Balaban J connectivity index is 1.29. The standard InChI is InChI=1S/C32H38ClN9O2/c1-5-29(43)42-12-11-41(20-23(42)16-34-2)31-25-9-10-40(28-17-35-15-22-7-6-8-26(33)30(22)28)21-27(25)36-32(37-31)44-14-13-39(4)24-18-38(3)19-24/h5-8,15,17,23-24H,1,9-14,16,18-21H2,3-4H3/t23-/m0/s1. The van der Waals surface area contributed by atoms with Gasteiger partial charge in [0.15, 0.2) is 0 Å². The lowest BCUT2D eigenvalue weighted by Crippen LogP contribution is -2.57. The number of pyridine rings is 1. The number of carbonyl (C=O) groups excluding carboxylic acids is 1. The smallest absolute Gasteiger partial charge is 0.318 e. The Kier molecular flexibility index (Phi) is 8.84. The van der Waals surface area contributed by atoms with Crippen LogP contribution in [0.2, 0.25) is 5.02 Å². The second-order valence-corrected chi connectivity index (χ2v) is 12.2. The van der Waals surface area contributed by atoms with Crippen molar-refractivity contribution in [3.63, 3.8) is 0 Å². The summed E-state index contributed by atoms with van der Waals surface area (Å²) in [4.78, 5) is 41.4. The van der Waals surface area contributed by atoms with Crippen molar-refractivity contribution in [2.24, 2.45) is 0 Å². The molecular weight excluding hydrogens is 578 g/mol. The van der Waals surface area contributed by atoms with Gasteiger partial charge in [0.1, 0.15) is 18.5 Å². The predicted octanol–water partition coefficient (Wildman–Crippen LogP) is 2.99. The van der Waals surface area contributed by atoms with E-state index in [-0.39, 0.29) is 18.5 Å². The van der Waals surface area contributed by atoms with Gasteiger partial charge in [0.25, 0.3) is 0 Å². The second kappa shape index (κ2) is 12.9. The number of anilines is 2. The normalized spacial score (nSPS) is 19.1. The van der Waals surface area contributed by atoms with E-state index < -0.39 is 0 Å². The fourth-order valence-electron chi connectivity index (χ4n) is 6.46. The van der Waals surface area contributed by atoms with Crippen LogP contribution < -0.4 is 14.5 Å². The largest absolute Gasteiger partial charge is 0.462 e. The highest BCUT2D eigenvalue weighted by Gasteiger charge is 2.35. The molecule has 44 heavy (non-hydrogen) atoms. The summed E-state index contributed by atoms with van der Waals surface area (Å²) in [5.74, 6) is 0.681. The molecule has 2 fully saturated rings. The molecule has 3 aliphatic rings. The molecule has 230 valence electrons. The van der Waals surface area contributed by atoms with E-state index in [1.165, 1.54) is 6.08 Å². The topological polar surface area (TPSA) is 85.5 Å². The molecule has 3 aliphatic heterocycles. The molecule has 2 aromatic heterocycles. The summed E-state index contributed by atoms with van der Waals surface area (Å²) in [6.45, 7) is 17.7. The summed E-state index contributed by atoms with van der Waals surface area (Å²) < 4.78 is 6.22. The Morgan fingerprint density at radius 1 is 1.20 bits per heavy atom. The number of ether oxygens (including phenoxy) is 1. The Morgan fingerprint density at radius 2 is 2.05 bits per heavy atom. The number of halogens is 1. The number of fused-ring (bicyclic) bond motifs is 2. The minimum atomic E-state index is -0.250. The fourth-order valence-corrected chi connectivity index (χ4v) is 6.74. The SMILES string of the molecule is [C-]#[N+]C[C@H]1CN(c2nc(OCCN(C)C3CN(C)C3)nc3c2CCN(c2cncc4cccc(Cl)c24)C3)CCN1C(=O)C=C. The Morgan fingerprint density at radius 3 is 2.82 bits per heavy atom. The van der Waals surface area contributed by atoms with Gasteiger partial charge in [0, 0.05) is 74.4 Å². The molecule has 0 bridgehead atoms. The highest BCUT2D eigenvalue weighted by atomic mass is 35.5. The quantitative estimate of drug-likeness (QED) is 0.266. The fraction of sp³-hybridized carbons (Fsp3) is 0.469. The van der Waals surface area contributed by atoms with Crippen molar-refractivity contribution in [3.8, 4) is 6.01 Å². The Hall–Kier alpha value is -3.98. The molecule has 1 atom stereocenters. The number of piperazine rings is 1. The van der Waals surface area contributed by atoms with Crippen LogP contribution in [0.4, 0.5) is 11.5 Å². The van der Waals surface area contributed by atoms with Gasteiger partial charge >= 0.3 is 6.01 Å². The van der Waals surface area contributed by atoms with Crippen molar-refractivity contribution >= 4 is 39.8 Å². The molecule has 1 amide bonds. The molecule has 12 heteroatoms. The summed E-state index contributed by atoms with van der Waals surface area (Å²) in [6, 6.07) is 6.51. The molecule has 0 spiro atoms. The van der Waals surface area contributed by atoms with E-state index in [9.17, 15) is 4.79 Å². The van der Waals surface area contributed by atoms with E-state index in [1.807, 2.05) is 30.6 Å². The third kappa shape index (κ3) is 6.02. The van der Waals surface area contributed by atoms with Crippen molar-refractivity contribution in [2.45, 2.75) is 25.0 Å².